The highest BCUT2D eigenvalue weighted by Gasteiger charge is 2.32. The first kappa shape index (κ1) is 17.2. The van der Waals surface area contributed by atoms with Gasteiger partial charge in [-0.3, -0.25) is 4.79 Å². The summed E-state index contributed by atoms with van der Waals surface area (Å²) in [6.07, 6.45) is 0.671. The quantitative estimate of drug-likeness (QED) is 0.840. The SMILES string of the molecule is COCC(=O)N1N=C(c2ccc(C)cc2)C[C@@H]1c1ccc(OC)cc1. The molecule has 0 unspecified atom stereocenters. The van der Waals surface area contributed by atoms with Crippen molar-refractivity contribution in [3.8, 4) is 5.75 Å². The third kappa shape index (κ3) is 3.72. The molecule has 5 heteroatoms. The monoisotopic (exact) mass is 338 g/mol. The summed E-state index contributed by atoms with van der Waals surface area (Å²) in [5.41, 5.74) is 4.17. The fourth-order valence-corrected chi connectivity index (χ4v) is 2.94. The summed E-state index contributed by atoms with van der Waals surface area (Å²) >= 11 is 0. The number of aryl methyl sites for hydroxylation is 1. The smallest absolute Gasteiger partial charge is 0.269 e. The Morgan fingerprint density at radius 1 is 1.12 bits per heavy atom. The third-order valence-electron chi connectivity index (χ3n) is 4.32. The summed E-state index contributed by atoms with van der Waals surface area (Å²) in [6, 6.07) is 15.8. The number of hydrazone groups is 1. The van der Waals surface area contributed by atoms with E-state index in [9.17, 15) is 4.79 Å². The molecule has 5 nitrogen and oxygen atoms in total. The van der Waals surface area contributed by atoms with Crippen molar-refractivity contribution in [1.29, 1.82) is 0 Å². The Bertz CT molecular complexity index is 767. The van der Waals surface area contributed by atoms with Crippen molar-refractivity contribution < 1.29 is 14.3 Å². The van der Waals surface area contributed by atoms with Gasteiger partial charge in [-0.25, -0.2) is 5.01 Å². The third-order valence-corrected chi connectivity index (χ3v) is 4.32. The van der Waals surface area contributed by atoms with Crippen LogP contribution < -0.4 is 4.74 Å². The van der Waals surface area contributed by atoms with Crippen molar-refractivity contribution >= 4 is 11.6 Å². The molecule has 0 spiro atoms. The molecule has 1 aliphatic heterocycles. The molecule has 1 heterocycles. The Hall–Kier alpha value is -2.66. The van der Waals surface area contributed by atoms with Crippen LogP contribution in [-0.2, 0) is 9.53 Å². The molecule has 0 N–H and O–H groups in total. The van der Waals surface area contributed by atoms with Crippen molar-refractivity contribution in [3.05, 3.63) is 65.2 Å². The zero-order chi connectivity index (χ0) is 17.8. The summed E-state index contributed by atoms with van der Waals surface area (Å²) in [5.74, 6) is 0.640. The fraction of sp³-hybridized carbons (Fsp3) is 0.300. The first-order chi connectivity index (χ1) is 12.1. The lowest BCUT2D eigenvalue weighted by Gasteiger charge is -2.21. The van der Waals surface area contributed by atoms with Crippen LogP contribution in [0, 0.1) is 6.92 Å². The van der Waals surface area contributed by atoms with Crippen molar-refractivity contribution in [1.82, 2.24) is 5.01 Å². The number of benzene rings is 2. The first-order valence-corrected chi connectivity index (χ1v) is 8.22. The van der Waals surface area contributed by atoms with Gasteiger partial charge in [0.2, 0.25) is 0 Å². The van der Waals surface area contributed by atoms with E-state index in [2.05, 4.69) is 24.2 Å². The maximum absolute atomic E-state index is 12.5. The molecule has 1 atom stereocenters. The van der Waals surface area contributed by atoms with Gasteiger partial charge < -0.3 is 9.47 Å². The van der Waals surface area contributed by atoms with Crippen molar-refractivity contribution in [2.24, 2.45) is 5.10 Å². The molecule has 1 amide bonds. The van der Waals surface area contributed by atoms with E-state index in [4.69, 9.17) is 9.47 Å². The van der Waals surface area contributed by atoms with Crippen molar-refractivity contribution in [2.75, 3.05) is 20.8 Å². The van der Waals surface area contributed by atoms with Gasteiger partial charge in [0.1, 0.15) is 12.4 Å². The second-order valence-corrected chi connectivity index (χ2v) is 6.08. The van der Waals surface area contributed by atoms with E-state index in [0.29, 0.717) is 6.42 Å². The molecule has 2 aromatic carbocycles. The van der Waals surface area contributed by atoms with E-state index < -0.39 is 0 Å². The summed E-state index contributed by atoms with van der Waals surface area (Å²) in [6.45, 7) is 2.06. The molecule has 0 saturated carbocycles. The fourth-order valence-electron chi connectivity index (χ4n) is 2.94. The van der Waals surface area contributed by atoms with E-state index in [-0.39, 0.29) is 18.6 Å². The van der Waals surface area contributed by atoms with Crippen LogP contribution in [0.15, 0.2) is 53.6 Å². The summed E-state index contributed by atoms with van der Waals surface area (Å²) in [7, 11) is 3.15. The van der Waals surface area contributed by atoms with Crippen molar-refractivity contribution in [3.63, 3.8) is 0 Å². The van der Waals surface area contributed by atoms with E-state index in [0.717, 1.165) is 22.6 Å². The Balaban J connectivity index is 1.91. The van der Waals surface area contributed by atoms with Crippen LogP contribution in [0.1, 0.15) is 29.2 Å². The van der Waals surface area contributed by atoms with E-state index in [1.807, 2.05) is 36.4 Å². The van der Waals surface area contributed by atoms with Gasteiger partial charge in [0.15, 0.2) is 0 Å². The maximum atomic E-state index is 12.5. The van der Waals surface area contributed by atoms with Gasteiger partial charge in [-0.1, -0.05) is 42.0 Å². The van der Waals surface area contributed by atoms with E-state index in [1.54, 1.807) is 12.1 Å². The minimum Gasteiger partial charge on any atom is -0.497 e. The highest BCUT2D eigenvalue weighted by molar-refractivity contribution is 6.03. The van der Waals surface area contributed by atoms with Crippen LogP contribution in [0.2, 0.25) is 0 Å². The Kier molecular flexibility index (Phi) is 5.14. The second kappa shape index (κ2) is 7.49. The highest BCUT2D eigenvalue weighted by Crippen LogP contribution is 2.33. The van der Waals surface area contributed by atoms with Crippen LogP contribution in [0.5, 0.6) is 5.75 Å². The van der Waals surface area contributed by atoms with Crippen LogP contribution in [-0.4, -0.2) is 37.5 Å². The number of ether oxygens (including phenoxy) is 2. The molecule has 0 saturated heterocycles. The van der Waals surface area contributed by atoms with Crippen LogP contribution in [0.3, 0.4) is 0 Å². The van der Waals surface area contributed by atoms with Gasteiger partial charge in [-0.15, -0.1) is 0 Å². The first-order valence-electron chi connectivity index (χ1n) is 8.22. The number of rotatable bonds is 5. The van der Waals surface area contributed by atoms with Crippen LogP contribution >= 0.6 is 0 Å². The minimum absolute atomic E-state index is 0.0112. The van der Waals surface area contributed by atoms with Gasteiger partial charge >= 0.3 is 0 Å². The lowest BCUT2D eigenvalue weighted by atomic mass is 9.98. The summed E-state index contributed by atoms with van der Waals surface area (Å²) < 4.78 is 10.2. The second-order valence-electron chi connectivity index (χ2n) is 6.08. The molecule has 0 aromatic heterocycles. The predicted molar refractivity (Wildman–Crippen MR) is 96.8 cm³/mol. The summed E-state index contributed by atoms with van der Waals surface area (Å²) in [4.78, 5) is 12.5. The number of carbonyl (C=O) groups excluding carboxylic acids is 1. The van der Waals surface area contributed by atoms with Gasteiger partial charge in [0.25, 0.3) is 5.91 Å². The standard InChI is InChI=1S/C20H22N2O3/c1-14-4-6-15(7-5-14)18-12-19(22(21-18)20(23)13-24-2)16-8-10-17(25-3)11-9-16/h4-11,19H,12-13H2,1-3H3/t19-/m1/s1. The van der Waals surface area contributed by atoms with Crippen molar-refractivity contribution in [2.45, 2.75) is 19.4 Å². The largest absolute Gasteiger partial charge is 0.497 e. The Labute approximate surface area is 147 Å². The number of nitrogens with zero attached hydrogens (tertiary/aromatic N) is 2. The molecule has 0 bridgehead atoms. The number of methoxy groups -OCH3 is 2. The Morgan fingerprint density at radius 3 is 2.40 bits per heavy atom. The average Bonchev–Trinajstić information content (AvgIpc) is 3.08. The molecule has 3 rings (SSSR count). The van der Waals surface area contributed by atoms with E-state index >= 15 is 0 Å². The maximum Gasteiger partial charge on any atom is 0.269 e. The highest BCUT2D eigenvalue weighted by atomic mass is 16.5. The lowest BCUT2D eigenvalue weighted by Crippen LogP contribution is -2.30. The molecule has 0 fully saturated rings. The molecule has 2 aromatic rings. The number of carbonyl (C=O) groups is 1. The number of amides is 1. The zero-order valence-electron chi connectivity index (χ0n) is 14.7. The van der Waals surface area contributed by atoms with Crippen LogP contribution in [0.25, 0.3) is 0 Å². The molecular formula is C20H22N2O3. The predicted octanol–water partition coefficient (Wildman–Crippen LogP) is 3.33. The molecule has 0 radical (unpaired) electrons. The molecule has 1 aliphatic rings. The number of hydrogen-bond acceptors (Lipinski definition) is 4. The van der Waals surface area contributed by atoms with E-state index in [1.165, 1.54) is 12.7 Å². The summed E-state index contributed by atoms with van der Waals surface area (Å²) in [5, 5.41) is 6.14. The molecule has 0 aliphatic carbocycles. The Morgan fingerprint density at radius 2 is 1.80 bits per heavy atom. The molecule has 130 valence electrons. The van der Waals surface area contributed by atoms with Gasteiger partial charge in [0.05, 0.1) is 18.9 Å². The minimum atomic E-state index is -0.148. The van der Waals surface area contributed by atoms with Gasteiger partial charge in [-0.05, 0) is 30.2 Å². The van der Waals surface area contributed by atoms with Gasteiger partial charge in [-0.2, -0.15) is 5.10 Å². The number of hydrogen-bond donors (Lipinski definition) is 0. The molecule has 25 heavy (non-hydrogen) atoms. The zero-order valence-corrected chi connectivity index (χ0v) is 14.7. The molecular weight excluding hydrogens is 316 g/mol. The topological polar surface area (TPSA) is 51.1 Å². The van der Waals surface area contributed by atoms with Gasteiger partial charge in [0, 0.05) is 13.5 Å². The average molecular weight is 338 g/mol. The lowest BCUT2D eigenvalue weighted by molar-refractivity contribution is -0.137. The van der Waals surface area contributed by atoms with Crippen LogP contribution in [0.4, 0.5) is 0 Å². The normalized spacial score (nSPS) is 16.7.